The van der Waals surface area contributed by atoms with Gasteiger partial charge in [0.1, 0.15) is 5.60 Å². The molecule has 0 heterocycles. The summed E-state index contributed by atoms with van der Waals surface area (Å²) >= 11 is 0. The van der Waals surface area contributed by atoms with Gasteiger partial charge in [-0.2, -0.15) is 0 Å². The number of hydrogen-bond donors (Lipinski definition) is 1. The molecular formula is C16H26N2O2. The van der Waals surface area contributed by atoms with E-state index in [1.54, 1.807) is 0 Å². The molecule has 1 amide bonds. The van der Waals surface area contributed by atoms with Crippen LogP contribution in [0.3, 0.4) is 0 Å². The number of para-hydroxylation sites is 1. The van der Waals surface area contributed by atoms with Crippen molar-refractivity contribution in [3.8, 4) is 0 Å². The fourth-order valence-corrected chi connectivity index (χ4v) is 1.88. The topological polar surface area (TPSA) is 41.6 Å². The van der Waals surface area contributed by atoms with E-state index in [2.05, 4.69) is 29.3 Å². The molecule has 0 saturated carbocycles. The van der Waals surface area contributed by atoms with E-state index in [1.807, 2.05) is 39.0 Å². The van der Waals surface area contributed by atoms with Crippen LogP contribution in [0.2, 0.25) is 0 Å². The predicted octanol–water partition coefficient (Wildman–Crippen LogP) is 3.43. The minimum Gasteiger partial charge on any atom is -0.444 e. The number of anilines is 1. The summed E-state index contributed by atoms with van der Waals surface area (Å²) in [5, 5.41) is 2.78. The lowest BCUT2D eigenvalue weighted by Gasteiger charge is -2.23. The molecule has 0 aliphatic rings. The van der Waals surface area contributed by atoms with Gasteiger partial charge in [0.25, 0.3) is 0 Å². The van der Waals surface area contributed by atoms with Gasteiger partial charge in [0.05, 0.1) is 0 Å². The molecule has 0 fully saturated rings. The Morgan fingerprint density at radius 1 is 1.25 bits per heavy atom. The van der Waals surface area contributed by atoms with Crippen molar-refractivity contribution in [1.82, 2.24) is 5.32 Å². The molecule has 4 nitrogen and oxygen atoms in total. The summed E-state index contributed by atoms with van der Waals surface area (Å²) < 4.78 is 5.19. The predicted molar refractivity (Wildman–Crippen MR) is 83.2 cm³/mol. The maximum atomic E-state index is 11.5. The SMILES string of the molecule is CCN(CCCNC(=O)OC(C)(C)C)c1ccccc1. The lowest BCUT2D eigenvalue weighted by atomic mass is 10.2. The van der Waals surface area contributed by atoms with Gasteiger partial charge in [-0.25, -0.2) is 4.79 Å². The summed E-state index contributed by atoms with van der Waals surface area (Å²) in [7, 11) is 0. The van der Waals surface area contributed by atoms with Crippen molar-refractivity contribution in [2.24, 2.45) is 0 Å². The van der Waals surface area contributed by atoms with Crippen LogP contribution in [-0.4, -0.2) is 31.3 Å². The molecule has 0 spiro atoms. The van der Waals surface area contributed by atoms with Crippen molar-refractivity contribution < 1.29 is 9.53 Å². The highest BCUT2D eigenvalue weighted by Gasteiger charge is 2.15. The fraction of sp³-hybridized carbons (Fsp3) is 0.562. The fourth-order valence-electron chi connectivity index (χ4n) is 1.88. The number of carbonyl (C=O) groups excluding carboxylic acids is 1. The smallest absolute Gasteiger partial charge is 0.407 e. The molecule has 0 atom stereocenters. The summed E-state index contributed by atoms with van der Waals surface area (Å²) in [6.07, 6.45) is 0.544. The van der Waals surface area contributed by atoms with E-state index in [1.165, 1.54) is 5.69 Å². The number of amides is 1. The van der Waals surface area contributed by atoms with Gasteiger partial charge in [-0.1, -0.05) is 18.2 Å². The van der Waals surface area contributed by atoms with Gasteiger partial charge < -0.3 is 15.0 Å². The quantitative estimate of drug-likeness (QED) is 0.811. The first-order valence-corrected chi connectivity index (χ1v) is 7.19. The van der Waals surface area contributed by atoms with Crippen LogP contribution in [0.1, 0.15) is 34.1 Å². The molecule has 0 saturated heterocycles. The molecule has 1 aromatic carbocycles. The van der Waals surface area contributed by atoms with Gasteiger partial charge in [-0.05, 0) is 46.2 Å². The van der Waals surface area contributed by atoms with Crippen molar-refractivity contribution >= 4 is 11.8 Å². The minimum absolute atomic E-state index is 0.347. The van der Waals surface area contributed by atoms with Gasteiger partial charge in [0.15, 0.2) is 0 Å². The summed E-state index contributed by atoms with van der Waals surface area (Å²) in [5.74, 6) is 0. The first kappa shape index (κ1) is 16.3. The van der Waals surface area contributed by atoms with Crippen LogP contribution in [0.15, 0.2) is 30.3 Å². The second-order valence-electron chi connectivity index (χ2n) is 5.70. The second kappa shape index (κ2) is 7.78. The number of ether oxygens (including phenoxy) is 1. The van der Waals surface area contributed by atoms with Gasteiger partial charge >= 0.3 is 6.09 Å². The van der Waals surface area contributed by atoms with Crippen LogP contribution in [-0.2, 0) is 4.74 Å². The van der Waals surface area contributed by atoms with E-state index in [0.717, 1.165) is 19.5 Å². The number of carbonyl (C=O) groups is 1. The molecule has 0 radical (unpaired) electrons. The molecule has 0 unspecified atom stereocenters. The van der Waals surface area contributed by atoms with Crippen molar-refractivity contribution in [3.05, 3.63) is 30.3 Å². The van der Waals surface area contributed by atoms with Crippen molar-refractivity contribution in [2.45, 2.75) is 39.7 Å². The summed E-state index contributed by atoms with van der Waals surface area (Å²) in [5.41, 5.74) is 0.774. The Labute approximate surface area is 122 Å². The summed E-state index contributed by atoms with van der Waals surface area (Å²) in [6.45, 7) is 10.2. The Morgan fingerprint density at radius 3 is 2.45 bits per heavy atom. The highest BCUT2D eigenvalue weighted by molar-refractivity contribution is 5.67. The van der Waals surface area contributed by atoms with Crippen LogP contribution >= 0.6 is 0 Å². The zero-order chi connectivity index (χ0) is 15.0. The van der Waals surface area contributed by atoms with E-state index in [4.69, 9.17) is 4.74 Å². The third kappa shape index (κ3) is 6.45. The highest BCUT2D eigenvalue weighted by Crippen LogP contribution is 2.12. The van der Waals surface area contributed by atoms with E-state index in [9.17, 15) is 4.79 Å². The van der Waals surface area contributed by atoms with Gasteiger partial charge in [-0.3, -0.25) is 0 Å². The number of nitrogens with zero attached hydrogens (tertiary/aromatic N) is 1. The van der Waals surface area contributed by atoms with Crippen LogP contribution in [0.5, 0.6) is 0 Å². The molecule has 1 rings (SSSR count). The lowest BCUT2D eigenvalue weighted by molar-refractivity contribution is 0.0527. The van der Waals surface area contributed by atoms with Crippen molar-refractivity contribution in [1.29, 1.82) is 0 Å². The number of rotatable bonds is 6. The largest absolute Gasteiger partial charge is 0.444 e. The van der Waals surface area contributed by atoms with Crippen LogP contribution in [0.4, 0.5) is 10.5 Å². The Hall–Kier alpha value is -1.71. The van der Waals surface area contributed by atoms with E-state index in [-0.39, 0.29) is 6.09 Å². The second-order valence-corrected chi connectivity index (χ2v) is 5.70. The molecule has 0 aliphatic carbocycles. The Kier molecular flexibility index (Phi) is 6.36. The maximum absolute atomic E-state index is 11.5. The monoisotopic (exact) mass is 278 g/mol. The number of benzene rings is 1. The molecule has 0 aliphatic heterocycles. The van der Waals surface area contributed by atoms with Crippen molar-refractivity contribution in [2.75, 3.05) is 24.5 Å². The zero-order valence-electron chi connectivity index (χ0n) is 13.0. The Bertz CT molecular complexity index is 399. The van der Waals surface area contributed by atoms with Gasteiger partial charge in [0, 0.05) is 25.3 Å². The molecule has 112 valence electrons. The molecular weight excluding hydrogens is 252 g/mol. The molecule has 4 heteroatoms. The number of alkyl carbamates (subject to hydrolysis) is 1. The van der Waals surface area contributed by atoms with E-state index >= 15 is 0 Å². The molecule has 0 bridgehead atoms. The minimum atomic E-state index is -0.441. The Morgan fingerprint density at radius 2 is 1.90 bits per heavy atom. The van der Waals surface area contributed by atoms with Gasteiger partial charge in [-0.15, -0.1) is 0 Å². The number of hydrogen-bond acceptors (Lipinski definition) is 3. The number of nitrogens with one attached hydrogen (secondary N) is 1. The average molecular weight is 278 g/mol. The van der Waals surface area contributed by atoms with E-state index < -0.39 is 5.60 Å². The van der Waals surface area contributed by atoms with E-state index in [0.29, 0.717) is 6.54 Å². The third-order valence-electron chi connectivity index (χ3n) is 2.78. The maximum Gasteiger partial charge on any atom is 0.407 e. The zero-order valence-corrected chi connectivity index (χ0v) is 13.0. The first-order chi connectivity index (χ1) is 9.42. The standard InChI is InChI=1S/C16H26N2O2/c1-5-18(14-10-7-6-8-11-14)13-9-12-17-15(19)20-16(2,3)4/h6-8,10-11H,5,9,12-13H2,1-4H3,(H,17,19). The first-order valence-electron chi connectivity index (χ1n) is 7.19. The van der Waals surface area contributed by atoms with Gasteiger partial charge in [0.2, 0.25) is 0 Å². The van der Waals surface area contributed by atoms with Crippen LogP contribution in [0.25, 0.3) is 0 Å². The average Bonchev–Trinajstić information content (AvgIpc) is 2.38. The third-order valence-corrected chi connectivity index (χ3v) is 2.78. The van der Waals surface area contributed by atoms with Crippen LogP contribution in [0, 0.1) is 0 Å². The molecule has 0 aromatic heterocycles. The van der Waals surface area contributed by atoms with Crippen molar-refractivity contribution in [3.63, 3.8) is 0 Å². The normalized spacial score (nSPS) is 11.0. The molecule has 1 N–H and O–H groups in total. The summed E-state index contributed by atoms with van der Waals surface area (Å²) in [4.78, 5) is 13.8. The Balaban J connectivity index is 2.28. The summed E-state index contributed by atoms with van der Waals surface area (Å²) in [6, 6.07) is 10.3. The molecule has 1 aromatic rings. The lowest BCUT2D eigenvalue weighted by Crippen LogP contribution is -2.34. The molecule has 20 heavy (non-hydrogen) atoms. The highest BCUT2D eigenvalue weighted by atomic mass is 16.6. The van der Waals surface area contributed by atoms with Crippen LogP contribution < -0.4 is 10.2 Å².